The molecule has 0 spiro atoms. The van der Waals surface area contributed by atoms with E-state index >= 15 is 0 Å². The summed E-state index contributed by atoms with van der Waals surface area (Å²) in [5.41, 5.74) is 0.0353. The van der Waals surface area contributed by atoms with Gasteiger partial charge in [-0.3, -0.25) is 4.98 Å². The van der Waals surface area contributed by atoms with E-state index in [0.29, 0.717) is 0 Å². The highest BCUT2D eigenvalue weighted by atomic mass is 19.3. The van der Waals surface area contributed by atoms with Crippen molar-refractivity contribution in [3.8, 4) is 0 Å². The van der Waals surface area contributed by atoms with Crippen LogP contribution in [0.15, 0.2) is 12.3 Å². The molecule has 16 heavy (non-hydrogen) atoms. The quantitative estimate of drug-likeness (QED) is 0.684. The minimum Gasteiger partial charge on any atom is -0.465 e. The van der Waals surface area contributed by atoms with E-state index in [4.69, 9.17) is 4.74 Å². The summed E-state index contributed by atoms with van der Waals surface area (Å²) in [4.78, 5) is 14.8. The monoisotopic (exact) mass is 229 g/mol. The maximum atomic E-state index is 13.3. The molecule has 0 aromatic carbocycles. The second-order valence-corrected chi connectivity index (χ2v) is 3.42. The van der Waals surface area contributed by atoms with E-state index in [1.807, 2.05) is 0 Å². The lowest BCUT2D eigenvalue weighted by Gasteiger charge is -2.24. The van der Waals surface area contributed by atoms with Gasteiger partial charge < -0.3 is 9.47 Å². The van der Waals surface area contributed by atoms with E-state index in [0.717, 1.165) is 6.20 Å². The van der Waals surface area contributed by atoms with Crippen LogP contribution in [-0.4, -0.2) is 24.7 Å². The summed E-state index contributed by atoms with van der Waals surface area (Å²) in [5.74, 6) is -3.70. The molecule has 0 unspecified atom stereocenters. The molecule has 0 N–H and O–H groups in total. The topological polar surface area (TPSA) is 48.4 Å². The van der Waals surface area contributed by atoms with Gasteiger partial charge in [-0.2, -0.15) is 8.78 Å². The van der Waals surface area contributed by atoms with E-state index in [1.54, 1.807) is 0 Å². The SMILES string of the molecule is COC(=O)c1cnc2c(c1)COCC2(F)F. The van der Waals surface area contributed by atoms with E-state index in [2.05, 4.69) is 9.72 Å². The molecule has 6 heteroatoms. The van der Waals surface area contributed by atoms with Crippen LogP contribution >= 0.6 is 0 Å². The molecule has 1 aromatic rings. The lowest BCUT2D eigenvalue weighted by molar-refractivity contribution is -0.106. The van der Waals surface area contributed by atoms with Gasteiger partial charge in [0.1, 0.15) is 12.3 Å². The molecule has 0 radical (unpaired) electrons. The van der Waals surface area contributed by atoms with Crippen molar-refractivity contribution in [2.75, 3.05) is 13.7 Å². The molecule has 0 atom stereocenters. The van der Waals surface area contributed by atoms with Crippen molar-refractivity contribution in [2.24, 2.45) is 0 Å². The maximum absolute atomic E-state index is 13.3. The minimum absolute atomic E-state index is 0.0305. The molecule has 0 aliphatic carbocycles. The van der Waals surface area contributed by atoms with Crippen molar-refractivity contribution in [2.45, 2.75) is 12.5 Å². The first-order valence-electron chi connectivity index (χ1n) is 4.58. The smallest absolute Gasteiger partial charge is 0.339 e. The highest BCUT2D eigenvalue weighted by Gasteiger charge is 2.39. The van der Waals surface area contributed by atoms with Gasteiger partial charge in [-0.25, -0.2) is 4.79 Å². The van der Waals surface area contributed by atoms with Crippen LogP contribution in [0, 0.1) is 0 Å². The second-order valence-electron chi connectivity index (χ2n) is 3.42. The van der Waals surface area contributed by atoms with Crippen LogP contribution in [0.5, 0.6) is 0 Å². The Morgan fingerprint density at radius 2 is 2.38 bits per heavy atom. The summed E-state index contributed by atoms with van der Waals surface area (Å²) < 4.78 is 35.8. The molecule has 86 valence electrons. The lowest BCUT2D eigenvalue weighted by Crippen LogP contribution is -2.29. The Bertz CT molecular complexity index is 434. The van der Waals surface area contributed by atoms with Gasteiger partial charge in [-0.1, -0.05) is 0 Å². The number of ether oxygens (including phenoxy) is 2. The summed E-state index contributed by atoms with van der Waals surface area (Å²) in [6.07, 6.45) is 1.09. The molecule has 0 saturated heterocycles. The van der Waals surface area contributed by atoms with E-state index < -0.39 is 18.5 Å². The number of hydrogen-bond acceptors (Lipinski definition) is 4. The summed E-state index contributed by atoms with van der Waals surface area (Å²) in [7, 11) is 1.22. The van der Waals surface area contributed by atoms with Gasteiger partial charge in [-0.15, -0.1) is 0 Å². The van der Waals surface area contributed by atoms with Crippen LogP contribution in [0.2, 0.25) is 0 Å². The second kappa shape index (κ2) is 3.79. The fourth-order valence-corrected chi connectivity index (χ4v) is 1.54. The summed E-state index contributed by atoms with van der Waals surface area (Å²) >= 11 is 0. The zero-order valence-corrected chi connectivity index (χ0v) is 8.50. The first-order valence-corrected chi connectivity index (χ1v) is 4.58. The number of nitrogens with zero attached hydrogens (tertiary/aromatic N) is 1. The van der Waals surface area contributed by atoms with E-state index in [9.17, 15) is 13.6 Å². The summed E-state index contributed by atoms with van der Waals surface area (Å²) in [6.45, 7) is -0.646. The highest BCUT2D eigenvalue weighted by Crippen LogP contribution is 2.33. The number of carbonyl (C=O) groups is 1. The standard InChI is InChI=1S/C10H9F2NO3/c1-15-9(14)6-2-7-4-16-5-10(11,12)8(7)13-3-6/h2-3H,4-5H2,1H3. The van der Waals surface area contributed by atoms with Gasteiger partial charge in [0.15, 0.2) is 0 Å². The molecule has 2 heterocycles. The van der Waals surface area contributed by atoms with Crippen LogP contribution < -0.4 is 0 Å². The van der Waals surface area contributed by atoms with E-state index in [-0.39, 0.29) is 23.4 Å². The molecule has 0 bridgehead atoms. The molecule has 0 saturated carbocycles. The third kappa shape index (κ3) is 1.76. The molecular formula is C10H9F2NO3. The van der Waals surface area contributed by atoms with E-state index in [1.165, 1.54) is 13.2 Å². The van der Waals surface area contributed by atoms with Crippen molar-refractivity contribution >= 4 is 5.97 Å². The Labute approximate surface area is 90.2 Å². The zero-order chi connectivity index (χ0) is 11.8. The van der Waals surface area contributed by atoms with Gasteiger partial charge in [0, 0.05) is 11.8 Å². The minimum atomic E-state index is -3.10. The third-order valence-corrected chi connectivity index (χ3v) is 2.28. The number of pyridine rings is 1. The Hall–Kier alpha value is -1.56. The lowest BCUT2D eigenvalue weighted by atomic mass is 10.1. The molecule has 1 aromatic heterocycles. The van der Waals surface area contributed by atoms with Crippen molar-refractivity contribution in [3.05, 3.63) is 29.1 Å². The van der Waals surface area contributed by atoms with Gasteiger partial charge in [0.05, 0.1) is 19.3 Å². The average molecular weight is 229 g/mol. The fourth-order valence-electron chi connectivity index (χ4n) is 1.54. The number of fused-ring (bicyclic) bond motifs is 1. The first-order chi connectivity index (χ1) is 7.54. The Kier molecular flexibility index (Phi) is 2.59. The molecule has 4 nitrogen and oxygen atoms in total. The molecular weight excluding hydrogens is 220 g/mol. The van der Waals surface area contributed by atoms with Crippen molar-refractivity contribution in [3.63, 3.8) is 0 Å². The molecule has 2 rings (SSSR count). The Balaban J connectivity index is 2.43. The van der Waals surface area contributed by atoms with Crippen molar-refractivity contribution < 1.29 is 23.0 Å². The first kappa shape index (κ1) is 10.9. The number of carbonyl (C=O) groups excluding carboxylic acids is 1. The molecule has 0 fully saturated rings. The van der Waals surface area contributed by atoms with Crippen molar-refractivity contribution in [1.29, 1.82) is 0 Å². The zero-order valence-electron chi connectivity index (χ0n) is 8.50. The fraction of sp³-hybridized carbons (Fsp3) is 0.400. The summed E-state index contributed by atoms with van der Waals surface area (Å²) in [5, 5.41) is 0. The van der Waals surface area contributed by atoms with Crippen LogP contribution in [0.4, 0.5) is 8.78 Å². The number of alkyl halides is 2. The van der Waals surface area contributed by atoms with Crippen molar-refractivity contribution in [1.82, 2.24) is 4.98 Å². The third-order valence-electron chi connectivity index (χ3n) is 2.28. The predicted octanol–water partition coefficient (Wildman–Crippen LogP) is 1.49. The number of rotatable bonds is 1. The summed E-state index contributed by atoms with van der Waals surface area (Å²) in [6, 6.07) is 1.32. The predicted molar refractivity (Wildman–Crippen MR) is 49.1 cm³/mol. The average Bonchev–Trinajstić information content (AvgIpc) is 2.27. The largest absolute Gasteiger partial charge is 0.465 e. The van der Waals surface area contributed by atoms with Crippen LogP contribution in [-0.2, 0) is 22.0 Å². The normalized spacial score (nSPS) is 17.7. The van der Waals surface area contributed by atoms with Gasteiger partial charge in [0.25, 0.3) is 0 Å². The van der Waals surface area contributed by atoms with Gasteiger partial charge >= 0.3 is 11.9 Å². The molecule has 0 amide bonds. The van der Waals surface area contributed by atoms with Gasteiger partial charge in [-0.05, 0) is 6.07 Å². The number of halogens is 2. The van der Waals surface area contributed by atoms with Crippen LogP contribution in [0.25, 0.3) is 0 Å². The Morgan fingerprint density at radius 3 is 3.06 bits per heavy atom. The number of esters is 1. The van der Waals surface area contributed by atoms with Gasteiger partial charge in [0.2, 0.25) is 0 Å². The number of methoxy groups -OCH3 is 1. The maximum Gasteiger partial charge on any atom is 0.339 e. The number of hydrogen-bond donors (Lipinski definition) is 0. The molecule has 1 aliphatic heterocycles. The molecule has 1 aliphatic rings. The van der Waals surface area contributed by atoms with Crippen LogP contribution in [0.3, 0.4) is 0 Å². The highest BCUT2D eigenvalue weighted by molar-refractivity contribution is 5.89. The van der Waals surface area contributed by atoms with Crippen LogP contribution in [0.1, 0.15) is 21.6 Å². The number of aromatic nitrogens is 1. The Morgan fingerprint density at radius 1 is 1.62 bits per heavy atom.